The molecule has 8 heteroatoms. The van der Waals surface area contributed by atoms with Gasteiger partial charge in [-0.2, -0.15) is 13.2 Å². The number of alkyl halides is 3. The Morgan fingerprint density at radius 3 is 2.62 bits per heavy atom. The summed E-state index contributed by atoms with van der Waals surface area (Å²) < 4.78 is 43.8. The highest BCUT2D eigenvalue weighted by Gasteiger charge is 2.34. The molecule has 0 bridgehead atoms. The SMILES string of the molecule is CN=C(NCCOc1ncccc1C(F)(F)F)NCc1ccccc1C. The van der Waals surface area contributed by atoms with Gasteiger partial charge in [0.15, 0.2) is 5.96 Å². The molecule has 1 aromatic carbocycles. The molecule has 0 amide bonds. The zero-order valence-electron chi connectivity index (χ0n) is 14.6. The molecule has 0 radical (unpaired) electrons. The first kappa shape index (κ1) is 19.6. The lowest BCUT2D eigenvalue weighted by Gasteiger charge is -2.15. The average Bonchev–Trinajstić information content (AvgIpc) is 2.62. The van der Waals surface area contributed by atoms with E-state index in [4.69, 9.17) is 4.74 Å². The van der Waals surface area contributed by atoms with Gasteiger partial charge in [0.2, 0.25) is 5.88 Å². The normalized spacial score (nSPS) is 12.0. The Hall–Kier alpha value is -2.77. The second kappa shape index (κ2) is 9.07. The summed E-state index contributed by atoms with van der Waals surface area (Å²) in [6, 6.07) is 10.1. The van der Waals surface area contributed by atoms with Crippen LogP contribution in [0.1, 0.15) is 16.7 Å². The van der Waals surface area contributed by atoms with E-state index < -0.39 is 17.6 Å². The molecule has 0 fully saturated rings. The van der Waals surface area contributed by atoms with E-state index in [1.54, 1.807) is 7.05 Å². The van der Waals surface area contributed by atoms with Crippen LogP contribution in [0.2, 0.25) is 0 Å². The van der Waals surface area contributed by atoms with E-state index in [-0.39, 0.29) is 13.2 Å². The Kier molecular flexibility index (Phi) is 6.82. The van der Waals surface area contributed by atoms with E-state index in [9.17, 15) is 13.2 Å². The van der Waals surface area contributed by atoms with Crippen LogP contribution in [0.25, 0.3) is 0 Å². The fourth-order valence-electron chi connectivity index (χ4n) is 2.25. The highest BCUT2D eigenvalue weighted by atomic mass is 19.4. The van der Waals surface area contributed by atoms with Gasteiger partial charge < -0.3 is 15.4 Å². The van der Waals surface area contributed by atoms with Crippen molar-refractivity contribution in [2.24, 2.45) is 4.99 Å². The minimum atomic E-state index is -4.50. The molecule has 0 aliphatic carbocycles. The molecule has 0 spiro atoms. The summed E-state index contributed by atoms with van der Waals surface area (Å²) in [5.74, 6) is 0.110. The molecule has 1 aromatic heterocycles. The molecular formula is C18H21F3N4O. The van der Waals surface area contributed by atoms with Crippen molar-refractivity contribution in [3.05, 3.63) is 59.3 Å². The smallest absolute Gasteiger partial charge is 0.421 e. The Morgan fingerprint density at radius 1 is 1.15 bits per heavy atom. The van der Waals surface area contributed by atoms with Gasteiger partial charge in [0.05, 0.1) is 6.54 Å². The van der Waals surface area contributed by atoms with Crippen LogP contribution >= 0.6 is 0 Å². The lowest BCUT2D eigenvalue weighted by molar-refractivity contribution is -0.139. The monoisotopic (exact) mass is 366 g/mol. The number of nitrogens with one attached hydrogen (secondary N) is 2. The van der Waals surface area contributed by atoms with Crippen LogP contribution in [0.3, 0.4) is 0 Å². The molecule has 140 valence electrons. The number of pyridine rings is 1. The van der Waals surface area contributed by atoms with Gasteiger partial charge in [0.1, 0.15) is 12.2 Å². The maximum atomic E-state index is 12.9. The van der Waals surface area contributed by atoms with E-state index in [0.717, 1.165) is 17.2 Å². The van der Waals surface area contributed by atoms with Gasteiger partial charge in [-0.1, -0.05) is 24.3 Å². The van der Waals surface area contributed by atoms with Crippen molar-refractivity contribution in [1.29, 1.82) is 0 Å². The highest BCUT2D eigenvalue weighted by molar-refractivity contribution is 5.79. The van der Waals surface area contributed by atoms with Crippen LogP contribution in [0.4, 0.5) is 13.2 Å². The molecule has 0 atom stereocenters. The predicted molar refractivity (Wildman–Crippen MR) is 94.1 cm³/mol. The summed E-state index contributed by atoms with van der Waals surface area (Å²) >= 11 is 0. The van der Waals surface area contributed by atoms with Crippen LogP contribution in [-0.4, -0.2) is 31.1 Å². The summed E-state index contributed by atoms with van der Waals surface area (Å²) in [5.41, 5.74) is 1.41. The van der Waals surface area contributed by atoms with Crippen molar-refractivity contribution in [1.82, 2.24) is 15.6 Å². The van der Waals surface area contributed by atoms with E-state index in [1.165, 1.54) is 12.3 Å². The molecule has 0 aliphatic rings. The van der Waals surface area contributed by atoms with Crippen LogP contribution in [0.5, 0.6) is 5.88 Å². The number of benzene rings is 1. The number of ether oxygens (including phenoxy) is 1. The number of aromatic nitrogens is 1. The molecule has 0 unspecified atom stereocenters. The van der Waals surface area contributed by atoms with Gasteiger partial charge in [-0.3, -0.25) is 4.99 Å². The number of hydrogen-bond acceptors (Lipinski definition) is 3. The lowest BCUT2D eigenvalue weighted by atomic mass is 10.1. The van der Waals surface area contributed by atoms with E-state index >= 15 is 0 Å². The van der Waals surface area contributed by atoms with Crippen molar-refractivity contribution in [3.8, 4) is 5.88 Å². The third-order valence-corrected chi connectivity index (χ3v) is 3.64. The average molecular weight is 366 g/mol. The van der Waals surface area contributed by atoms with Crippen molar-refractivity contribution in [3.63, 3.8) is 0 Å². The molecule has 2 N–H and O–H groups in total. The van der Waals surface area contributed by atoms with E-state index in [1.807, 2.05) is 31.2 Å². The summed E-state index contributed by atoms with van der Waals surface area (Å²) in [5, 5.41) is 6.14. The van der Waals surface area contributed by atoms with Gasteiger partial charge in [-0.15, -0.1) is 0 Å². The Morgan fingerprint density at radius 2 is 1.92 bits per heavy atom. The maximum Gasteiger partial charge on any atom is 0.421 e. The summed E-state index contributed by atoms with van der Waals surface area (Å²) in [4.78, 5) is 7.73. The minimum absolute atomic E-state index is 0.0190. The van der Waals surface area contributed by atoms with Gasteiger partial charge in [0, 0.05) is 19.8 Å². The second-order valence-electron chi connectivity index (χ2n) is 5.48. The molecule has 5 nitrogen and oxygen atoms in total. The number of nitrogens with zero attached hydrogens (tertiary/aromatic N) is 2. The van der Waals surface area contributed by atoms with E-state index in [2.05, 4.69) is 20.6 Å². The van der Waals surface area contributed by atoms with Gasteiger partial charge in [0.25, 0.3) is 0 Å². The van der Waals surface area contributed by atoms with Crippen molar-refractivity contribution in [2.45, 2.75) is 19.6 Å². The zero-order chi connectivity index (χ0) is 19.0. The number of guanidine groups is 1. The first-order valence-electron chi connectivity index (χ1n) is 8.06. The third kappa shape index (κ3) is 5.65. The van der Waals surface area contributed by atoms with Gasteiger partial charge in [-0.25, -0.2) is 4.98 Å². The quantitative estimate of drug-likeness (QED) is 0.468. The van der Waals surface area contributed by atoms with Gasteiger partial charge >= 0.3 is 6.18 Å². The summed E-state index contributed by atoms with van der Waals surface area (Å²) in [6.07, 6.45) is -3.23. The topological polar surface area (TPSA) is 58.5 Å². The summed E-state index contributed by atoms with van der Waals surface area (Å²) in [7, 11) is 1.62. The number of halogens is 3. The number of rotatable bonds is 6. The van der Waals surface area contributed by atoms with Crippen molar-refractivity contribution >= 4 is 5.96 Å². The maximum absolute atomic E-state index is 12.9. The number of aryl methyl sites for hydroxylation is 1. The van der Waals surface area contributed by atoms with Crippen LogP contribution in [0, 0.1) is 6.92 Å². The molecular weight excluding hydrogens is 345 g/mol. The molecule has 0 aliphatic heterocycles. The van der Waals surface area contributed by atoms with Crippen LogP contribution in [0.15, 0.2) is 47.6 Å². The fourth-order valence-corrected chi connectivity index (χ4v) is 2.25. The first-order chi connectivity index (χ1) is 12.4. The second-order valence-corrected chi connectivity index (χ2v) is 5.48. The predicted octanol–water partition coefficient (Wildman–Crippen LogP) is 3.15. The van der Waals surface area contributed by atoms with Crippen LogP contribution < -0.4 is 15.4 Å². The van der Waals surface area contributed by atoms with Gasteiger partial charge in [-0.05, 0) is 30.2 Å². The molecule has 1 heterocycles. The van der Waals surface area contributed by atoms with Crippen molar-refractivity contribution < 1.29 is 17.9 Å². The van der Waals surface area contributed by atoms with E-state index in [0.29, 0.717) is 12.5 Å². The number of aliphatic imine (C=N–C) groups is 1. The molecule has 0 saturated heterocycles. The molecule has 2 aromatic rings. The lowest BCUT2D eigenvalue weighted by Crippen LogP contribution is -2.39. The fraction of sp³-hybridized carbons (Fsp3) is 0.333. The third-order valence-electron chi connectivity index (χ3n) is 3.64. The van der Waals surface area contributed by atoms with Crippen LogP contribution in [-0.2, 0) is 12.7 Å². The Balaban J connectivity index is 1.81. The Labute approximate surface area is 150 Å². The standard InChI is InChI=1S/C18H21F3N4O/c1-13-6-3-4-7-14(13)12-25-17(22-2)24-10-11-26-16-15(18(19,20)21)8-5-9-23-16/h3-9H,10-12H2,1-2H3,(H2,22,24,25). The Bertz CT molecular complexity index is 747. The molecule has 26 heavy (non-hydrogen) atoms. The highest BCUT2D eigenvalue weighted by Crippen LogP contribution is 2.34. The zero-order valence-corrected chi connectivity index (χ0v) is 14.6. The first-order valence-corrected chi connectivity index (χ1v) is 8.06. The van der Waals surface area contributed by atoms with Crippen molar-refractivity contribution in [2.75, 3.05) is 20.2 Å². The minimum Gasteiger partial charge on any atom is -0.475 e. The number of hydrogen-bond donors (Lipinski definition) is 2. The molecule has 2 rings (SSSR count). The largest absolute Gasteiger partial charge is 0.475 e. The summed E-state index contributed by atoms with van der Waals surface area (Å²) in [6.45, 7) is 2.91. The molecule has 0 saturated carbocycles.